The van der Waals surface area contributed by atoms with Gasteiger partial charge in [-0.1, -0.05) is 0 Å². The molecule has 1 aromatic rings. The summed E-state index contributed by atoms with van der Waals surface area (Å²) in [6.45, 7) is 8.74. The Hall–Kier alpha value is -0.840. The van der Waals surface area contributed by atoms with E-state index in [0.29, 0.717) is 0 Å². The van der Waals surface area contributed by atoms with Gasteiger partial charge in [-0.25, -0.2) is 0 Å². The maximum atomic E-state index is 5.77. The van der Waals surface area contributed by atoms with E-state index in [-0.39, 0.29) is 0 Å². The maximum absolute atomic E-state index is 5.77. The van der Waals surface area contributed by atoms with Crippen molar-refractivity contribution in [2.45, 2.75) is 51.2 Å². The zero-order chi connectivity index (χ0) is 14.9. The molecule has 0 bridgehead atoms. The number of aryl methyl sites for hydroxylation is 1. The third-order valence-corrected chi connectivity index (χ3v) is 5.79. The van der Waals surface area contributed by atoms with E-state index < -0.39 is 0 Å². The minimum absolute atomic E-state index is 0.741. The van der Waals surface area contributed by atoms with Gasteiger partial charge in [-0.05, 0) is 50.7 Å². The van der Waals surface area contributed by atoms with Crippen molar-refractivity contribution in [2.75, 3.05) is 32.8 Å². The molecular weight excluding hydrogens is 276 g/mol. The highest BCUT2D eigenvalue weighted by atomic mass is 16.5. The van der Waals surface area contributed by atoms with Crippen molar-refractivity contribution in [1.82, 2.24) is 9.80 Å². The molecule has 3 fully saturated rings. The predicted octanol–water partition coefficient (Wildman–Crippen LogP) is 2.66. The van der Waals surface area contributed by atoms with Gasteiger partial charge in [0.1, 0.15) is 11.5 Å². The predicted molar refractivity (Wildman–Crippen MR) is 85.8 cm³/mol. The molecule has 4 heterocycles. The van der Waals surface area contributed by atoms with Gasteiger partial charge in [-0.2, -0.15) is 0 Å². The summed E-state index contributed by atoms with van der Waals surface area (Å²) < 4.78 is 11.3. The molecule has 0 aliphatic carbocycles. The fourth-order valence-corrected chi connectivity index (χ4v) is 4.62. The summed E-state index contributed by atoms with van der Waals surface area (Å²) in [5.41, 5.74) is 0. The Bertz CT molecular complexity index is 495. The first-order valence-corrected chi connectivity index (χ1v) is 8.91. The van der Waals surface area contributed by atoms with Crippen LogP contribution in [-0.2, 0) is 11.3 Å². The Labute approximate surface area is 133 Å². The smallest absolute Gasteiger partial charge is 0.118 e. The largest absolute Gasteiger partial charge is 0.465 e. The first-order valence-electron chi connectivity index (χ1n) is 8.91. The van der Waals surface area contributed by atoms with E-state index in [9.17, 15) is 0 Å². The number of likely N-dealkylation sites (tertiary alicyclic amines) is 2. The van der Waals surface area contributed by atoms with Gasteiger partial charge in [0.15, 0.2) is 0 Å². The van der Waals surface area contributed by atoms with Crippen LogP contribution < -0.4 is 0 Å². The Morgan fingerprint density at radius 2 is 1.73 bits per heavy atom. The molecule has 22 heavy (non-hydrogen) atoms. The second-order valence-electron chi connectivity index (χ2n) is 7.25. The zero-order valence-corrected chi connectivity index (χ0v) is 13.7. The highest BCUT2D eigenvalue weighted by molar-refractivity contribution is 5.07. The number of furan rings is 1. The van der Waals surface area contributed by atoms with Crippen LogP contribution in [0.5, 0.6) is 0 Å². The van der Waals surface area contributed by atoms with Gasteiger partial charge < -0.3 is 9.15 Å². The van der Waals surface area contributed by atoms with Gasteiger partial charge in [-0.15, -0.1) is 0 Å². The van der Waals surface area contributed by atoms with Crippen molar-refractivity contribution in [1.29, 1.82) is 0 Å². The van der Waals surface area contributed by atoms with Crippen LogP contribution in [0.3, 0.4) is 0 Å². The van der Waals surface area contributed by atoms with E-state index in [2.05, 4.69) is 21.9 Å². The Morgan fingerprint density at radius 3 is 2.45 bits per heavy atom. The molecule has 122 valence electrons. The summed E-state index contributed by atoms with van der Waals surface area (Å²) in [7, 11) is 0. The molecule has 2 atom stereocenters. The summed E-state index contributed by atoms with van der Waals surface area (Å²) in [5, 5.41) is 0. The SMILES string of the molecule is Cc1ccc(CN2CC[C@H]3[C@H]2CCN3CC2CCOCC2)o1. The number of hydrogen-bond acceptors (Lipinski definition) is 4. The topological polar surface area (TPSA) is 28.9 Å². The molecule has 4 heteroatoms. The van der Waals surface area contributed by atoms with Gasteiger partial charge in [0, 0.05) is 44.9 Å². The number of ether oxygens (including phenoxy) is 1. The first-order chi connectivity index (χ1) is 10.8. The van der Waals surface area contributed by atoms with Gasteiger partial charge in [0.2, 0.25) is 0 Å². The Kier molecular flexibility index (Phi) is 4.25. The first kappa shape index (κ1) is 14.7. The lowest BCUT2D eigenvalue weighted by Gasteiger charge is -2.30. The fraction of sp³-hybridized carbons (Fsp3) is 0.778. The number of hydrogen-bond donors (Lipinski definition) is 0. The van der Waals surface area contributed by atoms with E-state index in [1.807, 2.05) is 6.92 Å². The zero-order valence-electron chi connectivity index (χ0n) is 13.7. The van der Waals surface area contributed by atoms with Crippen molar-refractivity contribution in [3.8, 4) is 0 Å². The number of rotatable bonds is 4. The summed E-state index contributed by atoms with van der Waals surface area (Å²) in [6.07, 6.45) is 5.16. The molecular formula is C18H28N2O2. The molecule has 1 aromatic heterocycles. The van der Waals surface area contributed by atoms with Crippen LogP contribution in [0.2, 0.25) is 0 Å². The van der Waals surface area contributed by atoms with E-state index in [0.717, 1.165) is 49.3 Å². The molecule has 0 amide bonds. The lowest BCUT2D eigenvalue weighted by atomic mass is 9.99. The summed E-state index contributed by atoms with van der Waals surface area (Å²) in [5.74, 6) is 3.01. The van der Waals surface area contributed by atoms with E-state index in [1.54, 1.807) is 0 Å². The monoisotopic (exact) mass is 304 g/mol. The van der Waals surface area contributed by atoms with E-state index in [1.165, 1.54) is 45.3 Å². The van der Waals surface area contributed by atoms with Crippen LogP contribution in [-0.4, -0.2) is 54.7 Å². The maximum Gasteiger partial charge on any atom is 0.118 e. The fourth-order valence-electron chi connectivity index (χ4n) is 4.62. The van der Waals surface area contributed by atoms with Gasteiger partial charge in [-0.3, -0.25) is 9.80 Å². The summed E-state index contributed by atoms with van der Waals surface area (Å²) in [6, 6.07) is 5.73. The average molecular weight is 304 g/mol. The standard InChI is InChI=1S/C18H28N2O2/c1-14-2-3-16(22-14)13-20-9-5-17-18(20)4-8-19(17)12-15-6-10-21-11-7-15/h2-3,15,17-18H,4-13H2,1H3/t17-,18+/m0/s1. The minimum Gasteiger partial charge on any atom is -0.465 e. The average Bonchev–Trinajstić information content (AvgIpc) is 3.21. The van der Waals surface area contributed by atoms with E-state index in [4.69, 9.17) is 9.15 Å². The Balaban J connectivity index is 1.34. The summed E-state index contributed by atoms with van der Waals surface area (Å²) in [4.78, 5) is 5.42. The minimum atomic E-state index is 0.741. The molecule has 4 nitrogen and oxygen atoms in total. The van der Waals surface area contributed by atoms with Crippen molar-refractivity contribution in [3.63, 3.8) is 0 Å². The number of nitrogens with zero attached hydrogens (tertiary/aromatic N) is 2. The van der Waals surface area contributed by atoms with Crippen LogP contribution in [0.25, 0.3) is 0 Å². The molecule has 0 radical (unpaired) electrons. The van der Waals surface area contributed by atoms with Crippen molar-refractivity contribution < 1.29 is 9.15 Å². The van der Waals surface area contributed by atoms with Crippen LogP contribution >= 0.6 is 0 Å². The van der Waals surface area contributed by atoms with Crippen molar-refractivity contribution >= 4 is 0 Å². The highest BCUT2D eigenvalue weighted by Gasteiger charge is 2.42. The van der Waals surface area contributed by atoms with E-state index >= 15 is 0 Å². The molecule has 3 aliphatic rings. The molecule has 0 N–H and O–H groups in total. The molecule has 0 aromatic carbocycles. The lowest BCUT2D eigenvalue weighted by Crippen LogP contribution is -2.39. The third kappa shape index (κ3) is 2.97. The summed E-state index contributed by atoms with van der Waals surface area (Å²) >= 11 is 0. The Morgan fingerprint density at radius 1 is 1.00 bits per heavy atom. The second-order valence-corrected chi connectivity index (χ2v) is 7.25. The molecule has 0 spiro atoms. The molecule has 0 unspecified atom stereocenters. The van der Waals surface area contributed by atoms with Crippen LogP contribution in [0.4, 0.5) is 0 Å². The highest BCUT2D eigenvalue weighted by Crippen LogP contribution is 2.34. The third-order valence-electron chi connectivity index (χ3n) is 5.79. The van der Waals surface area contributed by atoms with Gasteiger partial charge >= 0.3 is 0 Å². The molecule has 0 saturated carbocycles. The molecule has 4 rings (SSSR count). The molecule has 3 saturated heterocycles. The normalized spacial score (nSPS) is 31.0. The number of fused-ring (bicyclic) bond motifs is 1. The van der Waals surface area contributed by atoms with Gasteiger partial charge in [0.25, 0.3) is 0 Å². The quantitative estimate of drug-likeness (QED) is 0.855. The van der Waals surface area contributed by atoms with Gasteiger partial charge in [0.05, 0.1) is 6.54 Å². The molecule has 3 aliphatic heterocycles. The van der Waals surface area contributed by atoms with Crippen molar-refractivity contribution in [3.05, 3.63) is 23.7 Å². The van der Waals surface area contributed by atoms with Crippen molar-refractivity contribution in [2.24, 2.45) is 5.92 Å². The van der Waals surface area contributed by atoms with Crippen LogP contribution in [0.15, 0.2) is 16.5 Å². The lowest BCUT2D eigenvalue weighted by molar-refractivity contribution is 0.0503. The van der Waals surface area contributed by atoms with Crippen LogP contribution in [0.1, 0.15) is 37.2 Å². The van der Waals surface area contributed by atoms with Crippen LogP contribution in [0, 0.1) is 12.8 Å². The second kappa shape index (κ2) is 6.34.